The summed E-state index contributed by atoms with van der Waals surface area (Å²) in [6, 6.07) is 0.0796. The first-order valence-corrected chi connectivity index (χ1v) is 5.15. The Hall–Kier alpha value is -0.910. The van der Waals surface area contributed by atoms with E-state index in [1.165, 1.54) is 12.5 Å². The van der Waals surface area contributed by atoms with Crippen LogP contribution in [0.1, 0.15) is 26.7 Å². The van der Waals surface area contributed by atoms with Crippen LogP contribution >= 0.6 is 0 Å². The van der Waals surface area contributed by atoms with E-state index in [1.807, 2.05) is 6.92 Å². The Bertz CT molecular complexity index is 263. The standard InChI is InChI=1S/C10H19N3O2/c1-6(11)8-3-4-9(5-8)10(12)13-15-7(2)14/h5-6,9-10,13H,3-4,11-12H2,1-2H3/t6-,9?,10?/m0/s1. The smallest absolute Gasteiger partial charge is 0.321 e. The number of carbonyl (C=O) groups excluding carboxylic acids is 1. The molecular weight excluding hydrogens is 194 g/mol. The number of rotatable bonds is 4. The molecule has 2 unspecified atom stereocenters. The van der Waals surface area contributed by atoms with Gasteiger partial charge in [-0.05, 0) is 19.8 Å². The first-order valence-electron chi connectivity index (χ1n) is 5.15. The van der Waals surface area contributed by atoms with Gasteiger partial charge in [-0.1, -0.05) is 11.6 Å². The fourth-order valence-corrected chi connectivity index (χ4v) is 1.68. The molecule has 0 aromatic heterocycles. The summed E-state index contributed by atoms with van der Waals surface area (Å²) < 4.78 is 0. The summed E-state index contributed by atoms with van der Waals surface area (Å²) in [5.41, 5.74) is 15.3. The minimum Gasteiger partial charge on any atom is -0.369 e. The zero-order valence-electron chi connectivity index (χ0n) is 9.19. The summed E-state index contributed by atoms with van der Waals surface area (Å²) in [4.78, 5) is 15.2. The predicted molar refractivity (Wildman–Crippen MR) is 57.3 cm³/mol. The second-order valence-electron chi connectivity index (χ2n) is 3.97. The van der Waals surface area contributed by atoms with Crippen LogP contribution in [0.15, 0.2) is 11.6 Å². The molecule has 5 nitrogen and oxygen atoms in total. The van der Waals surface area contributed by atoms with E-state index in [9.17, 15) is 4.79 Å². The number of hydrogen-bond acceptors (Lipinski definition) is 5. The number of hydroxylamine groups is 1. The first-order chi connectivity index (χ1) is 7.00. The Kier molecular flexibility index (Phi) is 4.26. The Morgan fingerprint density at radius 3 is 2.80 bits per heavy atom. The van der Waals surface area contributed by atoms with Gasteiger partial charge in [0.05, 0.1) is 6.17 Å². The lowest BCUT2D eigenvalue weighted by Crippen LogP contribution is -2.43. The second kappa shape index (κ2) is 5.25. The lowest BCUT2D eigenvalue weighted by molar-refractivity contribution is -0.150. The molecule has 0 amide bonds. The van der Waals surface area contributed by atoms with Gasteiger partial charge in [0.2, 0.25) is 0 Å². The number of nitrogens with two attached hydrogens (primary N) is 2. The molecule has 0 bridgehead atoms. The summed E-state index contributed by atoms with van der Waals surface area (Å²) >= 11 is 0. The molecular formula is C10H19N3O2. The van der Waals surface area contributed by atoms with Gasteiger partial charge in [-0.25, -0.2) is 0 Å². The van der Waals surface area contributed by atoms with Crippen LogP contribution in [0.2, 0.25) is 0 Å². The monoisotopic (exact) mass is 213 g/mol. The molecule has 0 radical (unpaired) electrons. The molecule has 0 spiro atoms. The maximum atomic E-state index is 10.6. The molecule has 0 fully saturated rings. The van der Waals surface area contributed by atoms with E-state index >= 15 is 0 Å². The van der Waals surface area contributed by atoms with Crippen molar-refractivity contribution in [2.45, 2.75) is 38.9 Å². The van der Waals surface area contributed by atoms with Gasteiger partial charge in [0, 0.05) is 18.9 Å². The molecule has 5 N–H and O–H groups in total. The topological polar surface area (TPSA) is 90.4 Å². The summed E-state index contributed by atoms with van der Waals surface area (Å²) in [6.45, 7) is 3.29. The normalized spacial score (nSPS) is 24.5. The van der Waals surface area contributed by atoms with E-state index in [0.717, 1.165) is 12.8 Å². The highest BCUT2D eigenvalue weighted by Crippen LogP contribution is 2.26. The molecule has 0 aromatic carbocycles. The fourth-order valence-electron chi connectivity index (χ4n) is 1.68. The highest BCUT2D eigenvalue weighted by molar-refractivity contribution is 5.65. The molecule has 0 aliphatic heterocycles. The molecule has 0 aromatic rings. The van der Waals surface area contributed by atoms with Crippen molar-refractivity contribution in [2.24, 2.45) is 17.4 Å². The number of nitrogens with one attached hydrogen (secondary N) is 1. The van der Waals surface area contributed by atoms with Crippen molar-refractivity contribution < 1.29 is 9.63 Å². The van der Waals surface area contributed by atoms with Gasteiger partial charge in [0.25, 0.3) is 0 Å². The maximum absolute atomic E-state index is 10.6. The average molecular weight is 213 g/mol. The van der Waals surface area contributed by atoms with Crippen LogP contribution in [-0.4, -0.2) is 18.2 Å². The third-order valence-corrected chi connectivity index (χ3v) is 2.58. The molecule has 0 heterocycles. The van der Waals surface area contributed by atoms with Crippen LogP contribution in [0.3, 0.4) is 0 Å². The van der Waals surface area contributed by atoms with Crippen LogP contribution in [0.4, 0.5) is 0 Å². The van der Waals surface area contributed by atoms with Crippen LogP contribution in [-0.2, 0) is 9.63 Å². The van der Waals surface area contributed by atoms with Crippen LogP contribution in [0.5, 0.6) is 0 Å². The van der Waals surface area contributed by atoms with E-state index in [1.54, 1.807) is 0 Å². The lowest BCUT2D eigenvalue weighted by Gasteiger charge is -2.17. The molecule has 0 saturated heterocycles. The minimum absolute atomic E-state index is 0.0796. The van der Waals surface area contributed by atoms with Gasteiger partial charge in [-0.2, -0.15) is 0 Å². The Labute approximate surface area is 89.8 Å². The highest BCUT2D eigenvalue weighted by atomic mass is 16.7. The van der Waals surface area contributed by atoms with Crippen molar-refractivity contribution in [3.05, 3.63) is 11.6 Å². The largest absolute Gasteiger partial charge is 0.369 e. The summed E-state index contributed by atoms with van der Waals surface area (Å²) in [7, 11) is 0. The zero-order valence-corrected chi connectivity index (χ0v) is 9.19. The van der Waals surface area contributed by atoms with Crippen molar-refractivity contribution in [3.63, 3.8) is 0 Å². The van der Waals surface area contributed by atoms with Gasteiger partial charge < -0.3 is 16.3 Å². The Balaban J connectivity index is 2.42. The SMILES string of the molecule is CC(=O)ONC(N)C1C=C([C@H](C)N)CC1. The summed E-state index contributed by atoms with van der Waals surface area (Å²) in [5, 5.41) is 0. The highest BCUT2D eigenvalue weighted by Gasteiger charge is 2.23. The van der Waals surface area contributed by atoms with Gasteiger partial charge >= 0.3 is 5.97 Å². The van der Waals surface area contributed by atoms with E-state index in [2.05, 4.69) is 16.4 Å². The molecule has 1 aliphatic carbocycles. The molecule has 3 atom stereocenters. The fraction of sp³-hybridized carbons (Fsp3) is 0.700. The van der Waals surface area contributed by atoms with Crippen LogP contribution in [0, 0.1) is 5.92 Å². The van der Waals surface area contributed by atoms with Crippen molar-refractivity contribution in [2.75, 3.05) is 0 Å². The van der Waals surface area contributed by atoms with Crippen molar-refractivity contribution >= 4 is 5.97 Å². The third-order valence-electron chi connectivity index (χ3n) is 2.58. The van der Waals surface area contributed by atoms with Crippen molar-refractivity contribution in [1.29, 1.82) is 0 Å². The van der Waals surface area contributed by atoms with Crippen LogP contribution < -0.4 is 16.9 Å². The minimum atomic E-state index is -0.389. The van der Waals surface area contributed by atoms with Gasteiger partial charge in [0.1, 0.15) is 0 Å². The second-order valence-corrected chi connectivity index (χ2v) is 3.97. The predicted octanol–water partition coefficient (Wildman–Crippen LogP) is 0.0225. The zero-order chi connectivity index (χ0) is 11.4. The Morgan fingerprint density at radius 2 is 2.33 bits per heavy atom. The third kappa shape index (κ3) is 3.62. The molecule has 1 aliphatic rings. The summed E-state index contributed by atoms with van der Waals surface area (Å²) in [6.07, 6.45) is 3.64. The number of hydrogen-bond donors (Lipinski definition) is 3. The maximum Gasteiger partial charge on any atom is 0.321 e. The van der Waals surface area contributed by atoms with E-state index in [-0.39, 0.29) is 24.1 Å². The van der Waals surface area contributed by atoms with Crippen molar-refractivity contribution in [3.8, 4) is 0 Å². The molecule has 1 rings (SSSR count). The summed E-state index contributed by atoms with van der Waals surface area (Å²) in [5.74, 6) is -0.204. The number of carbonyl (C=O) groups is 1. The molecule has 5 heteroatoms. The van der Waals surface area contributed by atoms with E-state index in [0.29, 0.717) is 0 Å². The molecule has 15 heavy (non-hydrogen) atoms. The van der Waals surface area contributed by atoms with Gasteiger partial charge in [-0.3, -0.25) is 4.79 Å². The quantitative estimate of drug-likeness (QED) is 0.348. The van der Waals surface area contributed by atoms with E-state index in [4.69, 9.17) is 11.5 Å². The molecule has 0 saturated carbocycles. The van der Waals surface area contributed by atoms with E-state index < -0.39 is 0 Å². The average Bonchev–Trinajstić information content (AvgIpc) is 2.62. The first kappa shape index (κ1) is 12.2. The van der Waals surface area contributed by atoms with Gasteiger partial charge in [0.15, 0.2) is 0 Å². The van der Waals surface area contributed by atoms with Gasteiger partial charge in [-0.15, -0.1) is 5.48 Å². The Morgan fingerprint density at radius 1 is 1.67 bits per heavy atom. The lowest BCUT2D eigenvalue weighted by atomic mass is 10.1. The van der Waals surface area contributed by atoms with Crippen molar-refractivity contribution in [1.82, 2.24) is 5.48 Å². The van der Waals surface area contributed by atoms with Crippen LogP contribution in [0.25, 0.3) is 0 Å². The molecule has 86 valence electrons.